The number of nitrogens with zero attached hydrogens (tertiary/aromatic N) is 3. The smallest absolute Gasteiger partial charge is 0.240 e. The predicted molar refractivity (Wildman–Crippen MR) is 63.1 cm³/mol. The van der Waals surface area contributed by atoms with Crippen molar-refractivity contribution in [3.63, 3.8) is 0 Å². The highest BCUT2D eigenvalue weighted by Gasteiger charge is 2.03. The van der Waals surface area contributed by atoms with Gasteiger partial charge in [-0.3, -0.25) is 4.79 Å². The molecule has 0 unspecified atom stereocenters. The van der Waals surface area contributed by atoms with Crippen LogP contribution in [0.3, 0.4) is 0 Å². The molecule has 6 heteroatoms. The van der Waals surface area contributed by atoms with Crippen LogP contribution in [-0.4, -0.2) is 35.1 Å². The van der Waals surface area contributed by atoms with E-state index in [1.807, 2.05) is 12.3 Å². The Hall–Kier alpha value is -1.87. The summed E-state index contributed by atoms with van der Waals surface area (Å²) in [7, 11) is 0. The number of carbonyl (C=O) groups excluding carboxylic acids is 1. The summed E-state index contributed by atoms with van der Waals surface area (Å²) in [6, 6.07) is 1.86. The average molecular weight is 235 g/mol. The number of rotatable bonds is 7. The molecular weight excluding hydrogens is 218 g/mol. The second-order valence-corrected chi connectivity index (χ2v) is 3.58. The predicted octanol–water partition coefficient (Wildman–Crippen LogP) is -0.325. The summed E-state index contributed by atoms with van der Waals surface area (Å²) in [6.45, 7) is 4.13. The first kappa shape index (κ1) is 13.2. The minimum atomic E-state index is -0.179. The number of amides is 1. The molecule has 0 aromatic carbocycles. The third kappa shape index (κ3) is 5.13. The van der Waals surface area contributed by atoms with E-state index in [1.165, 1.54) is 0 Å². The van der Waals surface area contributed by atoms with E-state index in [9.17, 15) is 4.79 Å². The fraction of sp³-hybridized carbons (Fsp3) is 0.545. The standard InChI is InChI=1S/C11H17N5O/c1-2-13-5-3-10-7-16(9-15-10)8-11(17)14-6-4-12/h7,9,13H,2-3,5-6,8H2,1H3,(H,14,17). The zero-order valence-electron chi connectivity index (χ0n) is 9.94. The maximum atomic E-state index is 11.3. The number of nitrogens with one attached hydrogen (secondary N) is 2. The minimum absolute atomic E-state index is 0.0425. The maximum Gasteiger partial charge on any atom is 0.240 e. The van der Waals surface area contributed by atoms with Crippen molar-refractivity contribution < 1.29 is 4.79 Å². The number of hydrogen-bond donors (Lipinski definition) is 2. The van der Waals surface area contributed by atoms with E-state index in [0.717, 1.165) is 25.2 Å². The molecule has 92 valence electrons. The first-order chi connectivity index (χ1) is 8.26. The van der Waals surface area contributed by atoms with Gasteiger partial charge in [-0.05, 0) is 6.54 Å². The lowest BCUT2D eigenvalue weighted by atomic mass is 10.3. The SMILES string of the molecule is CCNCCc1cn(CC(=O)NCC#N)cn1. The molecule has 1 aromatic heterocycles. The van der Waals surface area contributed by atoms with E-state index in [0.29, 0.717) is 0 Å². The summed E-state index contributed by atoms with van der Waals surface area (Å²) in [5.41, 5.74) is 0.957. The summed E-state index contributed by atoms with van der Waals surface area (Å²) >= 11 is 0. The van der Waals surface area contributed by atoms with E-state index in [1.54, 1.807) is 10.9 Å². The first-order valence-electron chi connectivity index (χ1n) is 5.61. The van der Waals surface area contributed by atoms with Gasteiger partial charge in [0, 0.05) is 19.2 Å². The topological polar surface area (TPSA) is 82.7 Å². The Kier molecular flexibility index (Phi) is 5.75. The highest BCUT2D eigenvalue weighted by Crippen LogP contribution is 1.96. The van der Waals surface area contributed by atoms with E-state index in [4.69, 9.17) is 5.26 Å². The molecule has 0 aliphatic rings. The van der Waals surface area contributed by atoms with Crippen LogP contribution >= 0.6 is 0 Å². The van der Waals surface area contributed by atoms with Crippen molar-refractivity contribution in [2.24, 2.45) is 0 Å². The van der Waals surface area contributed by atoms with Crippen LogP contribution in [0.5, 0.6) is 0 Å². The highest BCUT2D eigenvalue weighted by atomic mass is 16.1. The fourth-order valence-corrected chi connectivity index (χ4v) is 1.38. The van der Waals surface area contributed by atoms with Crippen LogP contribution in [0.15, 0.2) is 12.5 Å². The van der Waals surface area contributed by atoms with Gasteiger partial charge >= 0.3 is 0 Å². The third-order valence-corrected chi connectivity index (χ3v) is 2.19. The molecular formula is C11H17N5O. The van der Waals surface area contributed by atoms with Crippen LogP contribution in [0.2, 0.25) is 0 Å². The quantitative estimate of drug-likeness (QED) is 0.501. The third-order valence-electron chi connectivity index (χ3n) is 2.19. The molecule has 0 radical (unpaired) electrons. The lowest BCUT2D eigenvalue weighted by molar-refractivity contribution is -0.121. The van der Waals surface area contributed by atoms with Crippen molar-refractivity contribution in [3.05, 3.63) is 18.2 Å². The van der Waals surface area contributed by atoms with Gasteiger partial charge in [0.2, 0.25) is 5.91 Å². The van der Waals surface area contributed by atoms with Crippen molar-refractivity contribution in [1.29, 1.82) is 5.26 Å². The fourth-order valence-electron chi connectivity index (χ4n) is 1.38. The Bertz CT molecular complexity index is 393. The minimum Gasteiger partial charge on any atom is -0.341 e. The van der Waals surface area contributed by atoms with Crippen molar-refractivity contribution in [3.8, 4) is 6.07 Å². The number of aromatic nitrogens is 2. The summed E-state index contributed by atoms with van der Waals surface area (Å²) < 4.78 is 1.72. The van der Waals surface area contributed by atoms with E-state index >= 15 is 0 Å². The molecule has 0 spiro atoms. The number of carbonyl (C=O) groups is 1. The molecule has 1 amide bonds. The van der Waals surface area contributed by atoms with Gasteiger partial charge in [0.25, 0.3) is 0 Å². The van der Waals surface area contributed by atoms with Crippen molar-refractivity contribution >= 4 is 5.91 Å². The van der Waals surface area contributed by atoms with E-state index in [2.05, 4.69) is 22.5 Å². The number of imidazole rings is 1. The molecule has 0 saturated heterocycles. The molecule has 0 saturated carbocycles. The second-order valence-electron chi connectivity index (χ2n) is 3.58. The largest absolute Gasteiger partial charge is 0.341 e. The van der Waals surface area contributed by atoms with Crippen LogP contribution < -0.4 is 10.6 Å². The van der Waals surface area contributed by atoms with E-state index < -0.39 is 0 Å². The Morgan fingerprint density at radius 3 is 3.18 bits per heavy atom. The monoisotopic (exact) mass is 235 g/mol. The van der Waals surface area contributed by atoms with Crippen molar-refractivity contribution in [2.45, 2.75) is 19.9 Å². The van der Waals surface area contributed by atoms with Gasteiger partial charge in [0.05, 0.1) is 18.1 Å². The maximum absolute atomic E-state index is 11.3. The van der Waals surface area contributed by atoms with Crippen LogP contribution in [0.25, 0.3) is 0 Å². The van der Waals surface area contributed by atoms with Gasteiger partial charge < -0.3 is 15.2 Å². The first-order valence-corrected chi connectivity index (χ1v) is 5.61. The summed E-state index contributed by atoms with van der Waals surface area (Å²) in [5.74, 6) is -0.179. The zero-order chi connectivity index (χ0) is 12.5. The van der Waals surface area contributed by atoms with Gasteiger partial charge in [0.1, 0.15) is 13.1 Å². The Labute approximate surface area is 101 Å². The molecule has 1 rings (SSSR count). The van der Waals surface area contributed by atoms with Gasteiger partial charge in [-0.2, -0.15) is 5.26 Å². The van der Waals surface area contributed by atoms with Crippen LogP contribution in [0.1, 0.15) is 12.6 Å². The summed E-state index contributed by atoms with van der Waals surface area (Å²) in [6.07, 6.45) is 4.33. The Morgan fingerprint density at radius 2 is 2.47 bits per heavy atom. The Balaban J connectivity index is 2.35. The summed E-state index contributed by atoms with van der Waals surface area (Å²) in [4.78, 5) is 15.5. The summed E-state index contributed by atoms with van der Waals surface area (Å²) in [5, 5.41) is 14.0. The molecule has 1 heterocycles. The molecule has 17 heavy (non-hydrogen) atoms. The van der Waals surface area contributed by atoms with Crippen LogP contribution in [0, 0.1) is 11.3 Å². The van der Waals surface area contributed by atoms with Gasteiger partial charge in [0.15, 0.2) is 0 Å². The second kappa shape index (κ2) is 7.41. The Morgan fingerprint density at radius 1 is 1.65 bits per heavy atom. The molecule has 0 aliphatic heterocycles. The molecule has 6 nitrogen and oxygen atoms in total. The molecule has 0 atom stereocenters. The van der Waals surface area contributed by atoms with Crippen molar-refractivity contribution in [1.82, 2.24) is 20.2 Å². The van der Waals surface area contributed by atoms with Gasteiger partial charge in [-0.1, -0.05) is 6.92 Å². The molecule has 2 N–H and O–H groups in total. The number of likely N-dealkylation sites (N-methyl/N-ethyl adjacent to an activating group) is 1. The average Bonchev–Trinajstić information content (AvgIpc) is 2.74. The van der Waals surface area contributed by atoms with Crippen molar-refractivity contribution in [2.75, 3.05) is 19.6 Å². The number of hydrogen-bond acceptors (Lipinski definition) is 4. The van der Waals surface area contributed by atoms with Gasteiger partial charge in [-0.15, -0.1) is 0 Å². The molecule has 0 aliphatic carbocycles. The molecule has 0 fully saturated rings. The van der Waals surface area contributed by atoms with Crippen LogP contribution in [-0.2, 0) is 17.8 Å². The van der Waals surface area contributed by atoms with Crippen LogP contribution in [0.4, 0.5) is 0 Å². The number of nitriles is 1. The zero-order valence-corrected chi connectivity index (χ0v) is 9.94. The van der Waals surface area contributed by atoms with E-state index in [-0.39, 0.29) is 19.0 Å². The highest BCUT2D eigenvalue weighted by molar-refractivity contribution is 5.75. The lowest BCUT2D eigenvalue weighted by Crippen LogP contribution is -2.27. The normalized spacial score (nSPS) is 9.88. The van der Waals surface area contributed by atoms with Gasteiger partial charge in [-0.25, -0.2) is 4.98 Å². The molecule has 1 aromatic rings. The lowest BCUT2D eigenvalue weighted by Gasteiger charge is -2.01. The molecule has 0 bridgehead atoms.